The van der Waals surface area contributed by atoms with Crippen molar-refractivity contribution < 1.29 is 5.11 Å². The number of aromatic nitrogens is 4. The second-order valence-electron chi connectivity index (χ2n) is 9.70. The van der Waals surface area contributed by atoms with E-state index in [1.165, 1.54) is 5.69 Å². The molecule has 2 aliphatic rings. The van der Waals surface area contributed by atoms with E-state index in [2.05, 4.69) is 56.4 Å². The van der Waals surface area contributed by atoms with Crippen molar-refractivity contribution >= 4 is 22.7 Å². The number of unbranched alkanes of at least 4 members (excludes halogenated alkanes) is 1. The third-order valence-corrected chi connectivity index (χ3v) is 7.17. The van der Waals surface area contributed by atoms with Crippen LogP contribution in [0, 0.1) is 5.92 Å². The van der Waals surface area contributed by atoms with E-state index in [0.717, 1.165) is 100 Å². The van der Waals surface area contributed by atoms with E-state index in [1.807, 2.05) is 6.20 Å². The highest BCUT2D eigenvalue weighted by molar-refractivity contribution is 5.91. The minimum Gasteiger partial charge on any atom is -0.393 e. The zero-order valence-corrected chi connectivity index (χ0v) is 20.2. The van der Waals surface area contributed by atoms with Crippen LogP contribution in [0.25, 0.3) is 22.3 Å². The number of nitrogens with one attached hydrogen (secondary N) is 2. The lowest BCUT2D eigenvalue weighted by Gasteiger charge is -2.29. The lowest BCUT2D eigenvalue weighted by Crippen LogP contribution is -2.43. The van der Waals surface area contributed by atoms with Crippen molar-refractivity contribution in [2.45, 2.75) is 58.1 Å². The molecule has 8 nitrogen and oxygen atoms in total. The van der Waals surface area contributed by atoms with Crippen molar-refractivity contribution in [1.82, 2.24) is 25.1 Å². The van der Waals surface area contributed by atoms with Gasteiger partial charge in [-0.15, -0.1) is 0 Å². The van der Waals surface area contributed by atoms with Gasteiger partial charge in [0, 0.05) is 56.7 Å². The van der Waals surface area contributed by atoms with Gasteiger partial charge in [-0.25, -0.2) is 9.67 Å². The van der Waals surface area contributed by atoms with Crippen LogP contribution < -0.4 is 15.5 Å². The summed E-state index contributed by atoms with van der Waals surface area (Å²) in [5.74, 6) is 1.18. The number of aliphatic hydroxyl groups excluding tert-OH is 1. The number of nitrogens with zero attached hydrogens (tertiary/aromatic N) is 5. The summed E-state index contributed by atoms with van der Waals surface area (Å²) in [4.78, 5) is 11.9. The van der Waals surface area contributed by atoms with Crippen molar-refractivity contribution in [2.24, 2.45) is 5.92 Å². The molecule has 0 atom stereocenters. The smallest absolute Gasteiger partial charge is 0.224 e. The zero-order valence-electron chi connectivity index (χ0n) is 20.2. The van der Waals surface area contributed by atoms with Crippen LogP contribution in [0.15, 0.2) is 30.5 Å². The van der Waals surface area contributed by atoms with Crippen molar-refractivity contribution in [3.05, 3.63) is 30.5 Å². The Morgan fingerprint density at radius 3 is 2.59 bits per heavy atom. The summed E-state index contributed by atoms with van der Waals surface area (Å²) in [6, 6.07) is 8.76. The highest BCUT2D eigenvalue weighted by Gasteiger charge is 2.23. The van der Waals surface area contributed by atoms with Gasteiger partial charge >= 0.3 is 0 Å². The minimum absolute atomic E-state index is 0.146. The van der Waals surface area contributed by atoms with Gasteiger partial charge in [-0.1, -0.05) is 25.5 Å². The molecule has 0 bridgehead atoms. The molecule has 3 aromatic rings. The minimum atomic E-state index is -0.146. The number of anilines is 2. The van der Waals surface area contributed by atoms with E-state index in [9.17, 15) is 5.11 Å². The summed E-state index contributed by atoms with van der Waals surface area (Å²) in [5.41, 5.74) is 4.18. The first-order chi connectivity index (χ1) is 16.7. The van der Waals surface area contributed by atoms with Gasteiger partial charge in [-0.05, 0) is 50.2 Å². The Hall–Kier alpha value is -2.71. The zero-order chi connectivity index (χ0) is 23.3. The van der Waals surface area contributed by atoms with E-state index >= 15 is 0 Å². The van der Waals surface area contributed by atoms with Crippen LogP contribution in [-0.4, -0.2) is 63.7 Å². The number of hydrogen-bond acceptors (Lipinski definition) is 7. The molecule has 0 radical (unpaired) electrons. The second-order valence-corrected chi connectivity index (χ2v) is 9.70. The van der Waals surface area contributed by atoms with Crippen LogP contribution >= 0.6 is 0 Å². The summed E-state index contributed by atoms with van der Waals surface area (Å²) in [7, 11) is 0. The summed E-state index contributed by atoms with van der Waals surface area (Å²) >= 11 is 0. The van der Waals surface area contributed by atoms with E-state index < -0.39 is 0 Å². The third kappa shape index (κ3) is 5.18. The first-order valence-electron chi connectivity index (χ1n) is 12.9. The predicted molar refractivity (Wildman–Crippen MR) is 137 cm³/mol. The summed E-state index contributed by atoms with van der Waals surface area (Å²) in [5, 5.41) is 22.7. The Morgan fingerprint density at radius 2 is 1.85 bits per heavy atom. The Kier molecular flexibility index (Phi) is 7.25. The fraction of sp³-hybridized carbons (Fsp3) is 0.577. The van der Waals surface area contributed by atoms with Gasteiger partial charge < -0.3 is 20.6 Å². The van der Waals surface area contributed by atoms with E-state index in [1.54, 1.807) is 0 Å². The molecular weight excluding hydrogens is 426 g/mol. The molecule has 2 fully saturated rings. The highest BCUT2D eigenvalue weighted by Crippen LogP contribution is 2.31. The Morgan fingerprint density at radius 1 is 1.09 bits per heavy atom. The quantitative estimate of drug-likeness (QED) is 0.439. The third-order valence-electron chi connectivity index (χ3n) is 7.17. The van der Waals surface area contributed by atoms with Crippen LogP contribution in [0.4, 0.5) is 11.6 Å². The highest BCUT2D eigenvalue weighted by atomic mass is 16.3. The molecule has 2 aromatic heterocycles. The van der Waals surface area contributed by atoms with Crippen LogP contribution in [0.5, 0.6) is 0 Å². The van der Waals surface area contributed by atoms with E-state index in [-0.39, 0.29) is 6.10 Å². The molecule has 3 N–H and O–H groups in total. The number of piperazine rings is 1. The normalized spacial score (nSPS) is 21.2. The molecule has 1 saturated heterocycles. The van der Waals surface area contributed by atoms with E-state index in [0.29, 0.717) is 11.9 Å². The fourth-order valence-electron chi connectivity index (χ4n) is 5.09. The second kappa shape index (κ2) is 10.7. The molecule has 0 amide bonds. The van der Waals surface area contributed by atoms with Gasteiger partial charge in [0.1, 0.15) is 5.69 Å². The molecule has 1 aliphatic carbocycles. The van der Waals surface area contributed by atoms with Crippen LogP contribution in [0.3, 0.4) is 0 Å². The Balaban J connectivity index is 1.44. The number of hydrogen-bond donors (Lipinski definition) is 3. The molecule has 182 valence electrons. The number of aliphatic hydroxyl groups is 1. The average Bonchev–Trinajstić information content (AvgIpc) is 3.24. The van der Waals surface area contributed by atoms with Gasteiger partial charge in [0.25, 0.3) is 0 Å². The standard InChI is InChI=1S/C26H37N7O/c1-2-3-12-28-26-29-17-23-24(20-6-8-21(9-7-20)32-15-13-27-14-16-32)31-33(25(23)30-26)18-19-4-10-22(34)11-5-19/h6-9,17,19,22,27,34H,2-5,10-16,18H2,1H3,(H,28,29,30). The van der Waals surface area contributed by atoms with Crippen molar-refractivity contribution in [1.29, 1.82) is 0 Å². The lowest BCUT2D eigenvalue weighted by molar-refractivity contribution is 0.103. The van der Waals surface area contributed by atoms with Gasteiger partial charge in [0.2, 0.25) is 5.95 Å². The van der Waals surface area contributed by atoms with Gasteiger partial charge in [-0.3, -0.25) is 0 Å². The lowest BCUT2D eigenvalue weighted by atomic mass is 9.87. The molecule has 1 saturated carbocycles. The number of fused-ring (bicyclic) bond motifs is 1. The monoisotopic (exact) mass is 463 g/mol. The summed E-state index contributed by atoms with van der Waals surface area (Å²) in [6.45, 7) is 8.01. The summed E-state index contributed by atoms with van der Waals surface area (Å²) < 4.78 is 2.07. The molecule has 0 unspecified atom stereocenters. The van der Waals surface area contributed by atoms with Crippen molar-refractivity contribution in [3.63, 3.8) is 0 Å². The number of rotatable bonds is 8. The van der Waals surface area contributed by atoms with Crippen LogP contribution in [0.1, 0.15) is 45.4 Å². The van der Waals surface area contributed by atoms with Gasteiger partial charge in [-0.2, -0.15) is 10.1 Å². The topological polar surface area (TPSA) is 91.1 Å². The summed E-state index contributed by atoms with van der Waals surface area (Å²) in [6.07, 6.45) is 7.82. The van der Waals surface area contributed by atoms with Crippen LogP contribution in [-0.2, 0) is 6.54 Å². The fourth-order valence-corrected chi connectivity index (χ4v) is 5.09. The maximum Gasteiger partial charge on any atom is 0.224 e. The molecule has 1 aliphatic heterocycles. The van der Waals surface area contributed by atoms with E-state index in [4.69, 9.17) is 10.1 Å². The Labute approximate surface area is 201 Å². The van der Waals surface area contributed by atoms with Crippen molar-refractivity contribution in [3.8, 4) is 11.3 Å². The molecule has 0 spiro atoms. The predicted octanol–water partition coefficient (Wildman–Crippen LogP) is 3.67. The first kappa shape index (κ1) is 23.1. The van der Waals surface area contributed by atoms with Gasteiger partial charge in [0.15, 0.2) is 5.65 Å². The van der Waals surface area contributed by atoms with Crippen molar-refractivity contribution in [2.75, 3.05) is 42.9 Å². The average molecular weight is 464 g/mol. The molecule has 8 heteroatoms. The van der Waals surface area contributed by atoms with Gasteiger partial charge in [0.05, 0.1) is 11.5 Å². The maximum atomic E-state index is 9.92. The molecule has 5 rings (SSSR count). The number of benzene rings is 1. The molecule has 1 aromatic carbocycles. The SMILES string of the molecule is CCCCNc1ncc2c(-c3ccc(N4CCNCC4)cc3)nn(CC3CCC(O)CC3)c2n1. The largest absolute Gasteiger partial charge is 0.393 e. The first-order valence-corrected chi connectivity index (χ1v) is 12.9. The maximum absolute atomic E-state index is 9.92. The molecule has 3 heterocycles. The Bertz CT molecular complexity index is 1070. The van der Waals surface area contributed by atoms with Crippen LogP contribution in [0.2, 0.25) is 0 Å². The molecular formula is C26H37N7O. The molecule has 34 heavy (non-hydrogen) atoms.